The van der Waals surface area contributed by atoms with E-state index in [2.05, 4.69) is 20.8 Å². The van der Waals surface area contributed by atoms with Gasteiger partial charge in [-0.1, -0.05) is 29.8 Å². The monoisotopic (exact) mass is 384 g/mol. The summed E-state index contributed by atoms with van der Waals surface area (Å²) in [7, 11) is 3.07. The lowest BCUT2D eigenvalue weighted by molar-refractivity contribution is 0.102. The molecule has 138 valence electrons. The molecule has 1 heterocycles. The van der Waals surface area contributed by atoms with Crippen molar-refractivity contribution in [2.24, 2.45) is 0 Å². The van der Waals surface area contributed by atoms with Crippen LogP contribution in [0.2, 0.25) is 5.02 Å². The van der Waals surface area contributed by atoms with Crippen LogP contribution in [0.5, 0.6) is 11.5 Å². The molecule has 0 saturated carbocycles. The summed E-state index contributed by atoms with van der Waals surface area (Å²) in [6.45, 7) is 0. The fraction of sp³-hybridized carbons (Fsp3) is 0.105. The van der Waals surface area contributed by atoms with Gasteiger partial charge in [-0.2, -0.15) is 0 Å². The molecule has 8 heteroatoms. The second-order valence-electron chi connectivity index (χ2n) is 5.44. The van der Waals surface area contributed by atoms with E-state index < -0.39 is 0 Å². The molecule has 0 unspecified atom stereocenters. The maximum Gasteiger partial charge on any atom is 0.256 e. The zero-order valence-electron chi connectivity index (χ0n) is 14.7. The Hall–Kier alpha value is -3.32. The molecule has 0 atom stereocenters. The Labute approximate surface area is 161 Å². The molecule has 7 nitrogen and oxygen atoms in total. The minimum atomic E-state index is -0.255. The van der Waals surface area contributed by atoms with Crippen LogP contribution in [0.25, 0.3) is 0 Å². The first-order chi connectivity index (χ1) is 13.1. The third-order valence-corrected chi connectivity index (χ3v) is 3.97. The molecule has 2 N–H and O–H groups in total. The first-order valence-corrected chi connectivity index (χ1v) is 8.37. The lowest BCUT2D eigenvalue weighted by atomic mass is 10.2. The SMILES string of the molecule is COc1cc(Nc2ccc(NC(=O)c3ccccc3)nn2)c(OC)cc1Cl. The molecule has 3 rings (SSSR count). The highest BCUT2D eigenvalue weighted by Gasteiger charge is 2.11. The summed E-state index contributed by atoms with van der Waals surface area (Å²) in [4.78, 5) is 12.1. The Bertz CT molecular complexity index is 934. The van der Waals surface area contributed by atoms with Gasteiger partial charge in [-0.05, 0) is 24.3 Å². The van der Waals surface area contributed by atoms with Crippen molar-refractivity contribution in [2.75, 3.05) is 24.9 Å². The Morgan fingerprint density at radius 1 is 0.926 bits per heavy atom. The minimum absolute atomic E-state index is 0.255. The molecule has 0 fully saturated rings. The van der Waals surface area contributed by atoms with Crippen LogP contribution in [0, 0.1) is 0 Å². The van der Waals surface area contributed by atoms with Crippen molar-refractivity contribution in [1.82, 2.24) is 10.2 Å². The molecule has 0 bridgehead atoms. The molecule has 0 radical (unpaired) electrons. The van der Waals surface area contributed by atoms with E-state index >= 15 is 0 Å². The number of hydrogen-bond acceptors (Lipinski definition) is 6. The fourth-order valence-corrected chi connectivity index (χ4v) is 2.57. The van der Waals surface area contributed by atoms with Crippen LogP contribution in [0.1, 0.15) is 10.4 Å². The molecule has 27 heavy (non-hydrogen) atoms. The number of carbonyl (C=O) groups excluding carboxylic acids is 1. The number of nitrogens with one attached hydrogen (secondary N) is 2. The number of halogens is 1. The van der Waals surface area contributed by atoms with Crippen molar-refractivity contribution in [3.8, 4) is 11.5 Å². The highest BCUT2D eigenvalue weighted by atomic mass is 35.5. The van der Waals surface area contributed by atoms with E-state index in [9.17, 15) is 4.79 Å². The van der Waals surface area contributed by atoms with Crippen LogP contribution in [0.3, 0.4) is 0 Å². The summed E-state index contributed by atoms with van der Waals surface area (Å²) in [6.07, 6.45) is 0. The average molecular weight is 385 g/mol. The predicted octanol–water partition coefficient (Wildman–Crippen LogP) is 4.14. The number of ether oxygens (including phenoxy) is 2. The van der Waals surface area contributed by atoms with Crippen LogP contribution < -0.4 is 20.1 Å². The lowest BCUT2D eigenvalue weighted by Crippen LogP contribution is -2.13. The quantitative estimate of drug-likeness (QED) is 0.664. The normalized spacial score (nSPS) is 10.2. The third kappa shape index (κ3) is 4.45. The summed E-state index contributed by atoms with van der Waals surface area (Å²) < 4.78 is 10.5. The smallest absolute Gasteiger partial charge is 0.256 e. The van der Waals surface area contributed by atoms with Crippen molar-refractivity contribution in [2.45, 2.75) is 0 Å². The van der Waals surface area contributed by atoms with Gasteiger partial charge in [-0.3, -0.25) is 4.79 Å². The van der Waals surface area contributed by atoms with Crippen molar-refractivity contribution in [3.05, 3.63) is 65.2 Å². The molecular formula is C19H17ClN4O3. The van der Waals surface area contributed by atoms with Crippen molar-refractivity contribution >= 4 is 34.8 Å². The van der Waals surface area contributed by atoms with Crippen LogP contribution in [0.4, 0.5) is 17.3 Å². The van der Waals surface area contributed by atoms with Gasteiger partial charge < -0.3 is 20.1 Å². The summed E-state index contributed by atoms with van der Waals surface area (Å²) >= 11 is 6.10. The second kappa shape index (κ2) is 8.37. The van der Waals surface area contributed by atoms with Gasteiger partial charge in [-0.25, -0.2) is 0 Å². The third-order valence-electron chi connectivity index (χ3n) is 3.68. The van der Waals surface area contributed by atoms with Crippen molar-refractivity contribution in [1.29, 1.82) is 0 Å². The van der Waals surface area contributed by atoms with Crippen molar-refractivity contribution in [3.63, 3.8) is 0 Å². The summed E-state index contributed by atoms with van der Waals surface area (Å²) in [5.74, 6) is 1.59. The van der Waals surface area contributed by atoms with Gasteiger partial charge in [-0.15, -0.1) is 10.2 Å². The summed E-state index contributed by atoms with van der Waals surface area (Å²) in [6, 6.07) is 15.6. The number of anilines is 3. The van der Waals surface area contributed by atoms with E-state index in [4.69, 9.17) is 21.1 Å². The van der Waals surface area contributed by atoms with Gasteiger partial charge in [0.05, 0.1) is 24.9 Å². The van der Waals surface area contributed by atoms with E-state index in [0.717, 1.165) is 0 Å². The molecule has 1 aromatic heterocycles. The molecule has 0 aliphatic heterocycles. The Balaban J connectivity index is 1.74. The van der Waals surface area contributed by atoms with E-state index in [0.29, 0.717) is 39.4 Å². The van der Waals surface area contributed by atoms with Crippen molar-refractivity contribution < 1.29 is 14.3 Å². The molecule has 0 saturated heterocycles. The number of carbonyl (C=O) groups is 1. The Morgan fingerprint density at radius 3 is 2.22 bits per heavy atom. The van der Waals surface area contributed by atoms with Crippen LogP contribution >= 0.6 is 11.6 Å². The van der Waals surface area contributed by atoms with Gasteiger partial charge in [0.25, 0.3) is 5.91 Å². The first kappa shape index (κ1) is 18.5. The number of aromatic nitrogens is 2. The minimum Gasteiger partial charge on any atom is -0.495 e. The first-order valence-electron chi connectivity index (χ1n) is 7.99. The fourth-order valence-electron chi connectivity index (χ4n) is 2.34. The lowest BCUT2D eigenvalue weighted by Gasteiger charge is -2.13. The number of amides is 1. The number of rotatable bonds is 6. The van der Waals surface area contributed by atoms with Crippen LogP contribution in [0.15, 0.2) is 54.6 Å². The molecule has 3 aromatic rings. The summed E-state index contributed by atoms with van der Waals surface area (Å²) in [5.41, 5.74) is 1.16. The highest BCUT2D eigenvalue weighted by molar-refractivity contribution is 6.32. The standard InChI is InChI=1S/C19H17ClN4O3/c1-26-15-11-14(16(27-2)10-13(15)20)21-17-8-9-18(24-23-17)22-19(25)12-6-4-3-5-7-12/h3-11H,1-2H3,(H,21,23)(H,22,24,25). The second-order valence-corrected chi connectivity index (χ2v) is 5.84. The zero-order chi connectivity index (χ0) is 19.2. The molecule has 2 aromatic carbocycles. The number of benzene rings is 2. The van der Waals surface area contributed by atoms with E-state index in [1.807, 2.05) is 6.07 Å². The van der Waals surface area contributed by atoms with Gasteiger partial charge in [0.1, 0.15) is 11.5 Å². The maximum atomic E-state index is 12.1. The number of nitrogens with zero attached hydrogens (tertiary/aromatic N) is 2. The molecule has 0 aliphatic rings. The molecule has 0 spiro atoms. The van der Waals surface area contributed by atoms with E-state index in [1.54, 1.807) is 48.5 Å². The highest BCUT2D eigenvalue weighted by Crippen LogP contribution is 2.37. The zero-order valence-corrected chi connectivity index (χ0v) is 15.4. The molecule has 1 amide bonds. The number of methoxy groups -OCH3 is 2. The van der Waals surface area contributed by atoms with E-state index in [1.165, 1.54) is 14.2 Å². The summed E-state index contributed by atoms with van der Waals surface area (Å²) in [5, 5.41) is 14.3. The molecular weight excluding hydrogens is 368 g/mol. The van der Waals surface area contributed by atoms with Crippen LogP contribution in [-0.4, -0.2) is 30.3 Å². The van der Waals surface area contributed by atoms with E-state index in [-0.39, 0.29) is 5.91 Å². The van der Waals surface area contributed by atoms with Gasteiger partial charge in [0, 0.05) is 17.7 Å². The van der Waals surface area contributed by atoms with Gasteiger partial charge in [0.2, 0.25) is 0 Å². The number of hydrogen-bond donors (Lipinski definition) is 2. The Morgan fingerprint density at radius 2 is 1.59 bits per heavy atom. The predicted molar refractivity (Wildman–Crippen MR) is 104 cm³/mol. The van der Waals surface area contributed by atoms with Gasteiger partial charge in [0.15, 0.2) is 11.6 Å². The van der Waals surface area contributed by atoms with Gasteiger partial charge >= 0.3 is 0 Å². The largest absolute Gasteiger partial charge is 0.495 e. The average Bonchev–Trinajstić information content (AvgIpc) is 2.71. The topological polar surface area (TPSA) is 85.4 Å². The van der Waals surface area contributed by atoms with Crippen LogP contribution in [-0.2, 0) is 0 Å². The Kier molecular flexibility index (Phi) is 5.73. The maximum absolute atomic E-state index is 12.1. The molecule has 0 aliphatic carbocycles.